The number of nitrogens with zero attached hydrogens (tertiary/aromatic N) is 3. The maximum absolute atomic E-state index is 13.4. The van der Waals surface area contributed by atoms with Crippen LogP contribution >= 0.6 is 0 Å². The van der Waals surface area contributed by atoms with E-state index in [0.717, 1.165) is 85.9 Å². The van der Waals surface area contributed by atoms with Crippen molar-refractivity contribution in [2.45, 2.75) is 70.8 Å². The van der Waals surface area contributed by atoms with Crippen molar-refractivity contribution in [3.05, 3.63) is 42.5 Å². The van der Waals surface area contributed by atoms with Gasteiger partial charge in [-0.1, -0.05) is 31.9 Å². The quantitative estimate of drug-likeness (QED) is 0.301. The van der Waals surface area contributed by atoms with E-state index in [1.807, 2.05) is 31.5 Å². The highest BCUT2D eigenvalue weighted by atomic mass is 16.5. The molecule has 2 aliphatic rings. The molecule has 2 atom stereocenters. The Labute approximate surface area is 230 Å². The minimum atomic E-state index is -0.179. The molecule has 208 valence electrons. The van der Waals surface area contributed by atoms with Gasteiger partial charge in [-0.2, -0.15) is 0 Å². The van der Waals surface area contributed by atoms with Crippen molar-refractivity contribution < 1.29 is 14.3 Å². The third-order valence-corrected chi connectivity index (χ3v) is 8.79. The third kappa shape index (κ3) is 6.32. The Balaban J connectivity index is 1.29. The number of nitrogens with one attached hydrogen (secondary N) is 2. The minimum Gasteiger partial charge on any atom is -0.481 e. The smallest absolute Gasteiger partial charge is 0.224 e. The van der Waals surface area contributed by atoms with Gasteiger partial charge in [0.2, 0.25) is 11.8 Å². The van der Waals surface area contributed by atoms with Gasteiger partial charge in [0, 0.05) is 42.0 Å². The van der Waals surface area contributed by atoms with Gasteiger partial charge in [0.05, 0.1) is 25.0 Å². The molecule has 5 rings (SSSR count). The minimum absolute atomic E-state index is 0.106. The number of fused-ring (bicyclic) bond motifs is 1. The predicted molar refractivity (Wildman–Crippen MR) is 152 cm³/mol. The first-order chi connectivity index (χ1) is 18.9. The Hall–Kier alpha value is -3.26. The molecular formula is C31H41N5O3. The van der Waals surface area contributed by atoms with Crippen molar-refractivity contribution in [1.29, 1.82) is 0 Å². The summed E-state index contributed by atoms with van der Waals surface area (Å²) in [6.07, 6.45) is 11.7. The van der Waals surface area contributed by atoms with Crippen LogP contribution in [0.4, 0.5) is 0 Å². The van der Waals surface area contributed by atoms with Crippen molar-refractivity contribution in [2.75, 3.05) is 27.2 Å². The number of likely N-dealkylation sites (tertiary alicyclic amines) is 1. The van der Waals surface area contributed by atoms with Gasteiger partial charge in [-0.15, -0.1) is 0 Å². The Bertz CT molecular complexity index is 1310. The number of imidazole rings is 1. The zero-order chi connectivity index (χ0) is 27.4. The van der Waals surface area contributed by atoms with Gasteiger partial charge < -0.3 is 19.9 Å². The number of aromatic amines is 1. The zero-order valence-electron chi connectivity index (χ0n) is 23.5. The number of carbonyl (C=O) groups excluding carboxylic acids is 2. The monoisotopic (exact) mass is 531 g/mol. The van der Waals surface area contributed by atoms with E-state index in [4.69, 9.17) is 9.72 Å². The fraction of sp³-hybridized carbons (Fsp3) is 0.548. The number of hydrogen-bond acceptors (Lipinski definition) is 6. The fourth-order valence-corrected chi connectivity index (χ4v) is 5.97. The number of ether oxygens (including phenoxy) is 1. The van der Waals surface area contributed by atoms with Crippen LogP contribution in [0.5, 0.6) is 5.88 Å². The fourth-order valence-electron chi connectivity index (χ4n) is 5.97. The highest BCUT2D eigenvalue weighted by Gasteiger charge is 2.58. The van der Waals surface area contributed by atoms with Gasteiger partial charge in [-0.25, -0.2) is 9.97 Å². The first-order valence-electron chi connectivity index (χ1n) is 14.4. The lowest BCUT2D eigenvalue weighted by Crippen LogP contribution is -2.36. The van der Waals surface area contributed by atoms with Crippen LogP contribution in [-0.2, 0) is 9.59 Å². The molecule has 1 saturated heterocycles. The number of H-pyrrole nitrogens is 1. The molecule has 8 heteroatoms. The summed E-state index contributed by atoms with van der Waals surface area (Å²) in [7, 11) is 3.78. The molecular weight excluding hydrogens is 490 g/mol. The Morgan fingerprint density at radius 2 is 1.95 bits per heavy atom. The molecule has 0 unspecified atom stereocenters. The van der Waals surface area contributed by atoms with Crippen LogP contribution in [0.2, 0.25) is 0 Å². The summed E-state index contributed by atoms with van der Waals surface area (Å²) in [5.41, 5.74) is 2.12. The number of unbranched alkanes of at least 4 members (excludes halogenated alkanes) is 2. The van der Waals surface area contributed by atoms with Crippen molar-refractivity contribution >= 4 is 22.5 Å². The van der Waals surface area contributed by atoms with Crippen LogP contribution in [0.1, 0.15) is 76.6 Å². The van der Waals surface area contributed by atoms with E-state index in [2.05, 4.69) is 39.4 Å². The lowest BCUT2D eigenvalue weighted by atomic mass is 9.91. The summed E-state index contributed by atoms with van der Waals surface area (Å²) >= 11 is 0. The van der Waals surface area contributed by atoms with Crippen LogP contribution in [0.3, 0.4) is 0 Å². The molecule has 1 aliphatic heterocycles. The van der Waals surface area contributed by atoms with E-state index in [9.17, 15) is 9.59 Å². The number of pyridine rings is 1. The first kappa shape index (κ1) is 27.3. The summed E-state index contributed by atoms with van der Waals surface area (Å²) in [6, 6.07) is 7.95. The number of Topliss-reactive ketones (excluding diaryl/α,β-unsaturated/α-hetero) is 1. The summed E-state index contributed by atoms with van der Waals surface area (Å²) in [6.45, 7) is 4.05. The predicted octanol–water partition coefficient (Wildman–Crippen LogP) is 5.45. The standard InChI is InChI=1S/C31H41N5O3/c1-4-24(37)8-6-5-7-9-26(35-30(38)25-18-31(25)12-14-36(2)15-13-31)29-33-20-27(34-29)21-10-11-22-19-32-28(39-3)17-23(22)16-21/h10-11,16-17,19-20,25-26H,4-9,12-15,18H2,1-3H3,(H,33,34)(H,35,38)/t25-,26+/m1/s1. The Kier molecular flexibility index (Phi) is 8.31. The molecule has 0 radical (unpaired) electrons. The maximum Gasteiger partial charge on any atom is 0.224 e. The second-order valence-electron chi connectivity index (χ2n) is 11.4. The van der Waals surface area contributed by atoms with E-state index in [-0.39, 0.29) is 23.3 Å². The Morgan fingerprint density at radius 3 is 2.72 bits per heavy atom. The normalized spacial score (nSPS) is 19.2. The van der Waals surface area contributed by atoms with Crippen molar-refractivity contribution in [2.24, 2.45) is 11.3 Å². The molecule has 8 nitrogen and oxygen atoms in total. The van der Waals surface area contributed by atoms with Crippen LogP contribution in [0, 0.1) is 11.3 Å². The highest BCUT2D eigenvalue weighted by Crippen LogP contribution is 2.59. The third-order valence-electron chi connectivity index (χ3n) is 8.79. The van der Waals surface area contributed by atoms with E-state index >= 15 is 0 Å². The molecule has 1 amide bonds. The van der Waals surface area contributed by atoms with Gasteiger partial charge in [0.15, 0.2) is 0 Å². The number of hydrogen-bond donors (Lipinski definition) is 2. The van der Waals surface area contributed by atoms with Crippen LogP contribution in [-0.4, -0.2) is 58.8 Å². The number of amides is 1. The summed E-state index contributed by atoms with van der Waals surface area (Å²) in [4.78, 5) is 40.0. The largest absolute Gasteiger partial charge is 0.481 e. The molecule has 2 fully saturated rings. The number of benzene rings is 1. The van der Waals surface area contributed by atoms with Gasteiger partial charge in [-0.3, -0.25) is 9.59 Å². The molecule has 1 aromatic carbocycles. The number of ketones is 1. The topological polar surface area (TPSA) is 100 Å². The molecule has 1 saturated carbocycles. The lowest BCUT2D eigenvalue weighted by molar-refractivity contribution is -0.124. The second kappa shape index (κ2) is 11.9. The van der Waals surface area contributed by atoms with Crippen molar-refractivity contribution in [3.63, 3.8) is 0 Å². The first-order valence-corrected chi connectivity index (χ1v) is 14.4. The number of piperidine rings is 1. The lowest BCUT2D eigenvalue weighted by Gasteiger charge is -2.30. The van der Waals surface area contributed by atoms with Crippen LogP contribution in [0.15, 0.2) is 36.7 Å². The number of carbonyl (C=O) groups is 2. The molecule has 2 aromatic heterocycles. The summed E-state index contributed by atoms with van der Waals surface area (Å²) in [5.74, 6) is 1.95. The molecule has 2 N–H and O–H groups in total. The molecule has 0 bridgehead atoms. The van der Waals surface area contributed by atoms with Crippen molar-refractivity contribution in [3.8, 4) is 17.1 Å². The van der Waals surface area contributed by atoms with E-state index in [1.165, 1.54) is 0 Å². The van der Waals surface area contributed by atoms with Crippen LogP contribution < -0.4 is 10.1 Å². The molecule has 39 heavy (non-hydrogen) atoms. The summed E-state index contributed by atoms with van der Waals surface area (Å²) < 4.78 is 5.29. The number of aromatic nitrogens is 3. The number of rotatable bonds is 12. The van der Waals surface area contributed by atoms with Crippen molar-refractivity contribution in [1.82, 2.24) is 25.2 Å². The highest BCUT2D eigenvalue weighted by molar-refractivity contribution is 5.87. The summed E-state index contributed by atoms with van der Waals surface area (Å²) in [5, 5.41) is 5.44. The molecule has 3 aromatic rings. The van der Waals surface area contributed by atoms with Gasteiger partial charge >= 0.3 is 0 Å². The van der Waals surface area contributed by atoms with E-state index in [0.29, 0.717) is 24.5 Å². The second-order valence-corrected chi connectivity index (χ2v) is 11.4. The molecule has 3 heterocycles. The van der Waals surface area contributed by atoms with Gasteiger partial charge in [0.1, 0.15) is 11.6 Å². The van der Waals surface area contributed by atoms with E-state index in [1.54, 1.807) is 7.11 Å². The molecule has 1 spiro atoms. The maximum atomic E-state index is 13.4. The van der Waals surface area contributed by atoms with Gasteiger partial charge in [0.25, 0.3) is 0 Å². The van der Waals surface area contributed by atoms with E-state index < -0.39 is 0 Å². The van der Waals surface area contributed by atoms with Gasteiger partial charge in [-0.05, 0) is 69.1 Å². The average Bonchev–Trinajstić information content (AvgIpc) is 3.43. The van der Waals surface area contributed by atoms with Crippen LogP contribution in [0.25, 0.3) is 22.0 Å². The average molecular weight is 532 g/mol. The Morgan fingerprint density at radius 1 is 1.13 bits per heavy atom. The SMILES string of the molecule is CCC(=O)CCCCC[C@H](NC(=O)[C@H]1CC12CCN(C)CC2)c1ncc(-c2ccc3cnc(OC)cc3c2)[nH]1. The number of methoxy groups -OCH3 is 1. The zero-order valence-corrected chi connectivity index (χ0v) is 23.5. The molecule has 1 aliphatic carbocycles.